The van der Waals surface area contributed by atoms with E-state index in [0.717, 1.165) is 22.6 Å². The lowest BCUT2D eigenvalue weighted by atomic mass is 10.2. The molecule has 2 rings (SSSR count). The fourth-order valence-corrected chi connectivity index (χ4v) is 2.02. The van der Waals surface area contributed by atoms with Gasteiger partial charge in [0.15, 0.2) is 0 Å². The zero-order valence-corrected chi connectivity index (χ0v) is 12.5. The summed E-state index contributed by atoms with van der Waals surface area (Å²) in [5.41, 5.74) is 2.16. The summed E-state index contributed by atoms with van der Waals surface area (Å²) in [7, 11) is 0. The van der Waals surface area contributed by atoms with E-state index in [2.05, 4.69) is 0 Å². The molecule has 106 valence electrons. The van der Waals surface area contributed by atoms with Gasteiger partial charge in [0.05, 0.1) is 0 Å². The normalized spacial score (nSPS) is 10.3. The molecule has 0 aromatic heterocycles. The molecule has 0 spiro atoms. The minimum atomic E-state index is 0.497. The van der Waals surface area contributed by atoms with E-state index in [1.807, 2.05) is 48.5 Å². The molecule has 4 heteroatoms. The van der Waals surface area contributed by atoms with Crippen LogP contribution in [0.1, 0.15) is 11.1 Å². The fraction of sp³-hybridized carbons (Fsp3) is 0.250. The molecule has 0 radical (unpaired) electrons. The predicted molar refractivity (Wildman–Crippen MR) is 83.0 cm³/mol. The third kappa shape index (κ3) is 4.62. The molecule has 2 nitrogen and oxygen atoms in total. The highest BCUT2D eigenvalue weighted by atomic mass is 35.5. The lowest BCUT2D eigenvalue weighted by Crippen LogP contribution is -2.08. The van der Waals surface area contributed by atoms with Crippen molar-refractivity contribution in [2.24, 2.45) is 0 Å². The average Bonchev–Trinajstić information content (AvgIpc) is 2.53. The second kappa shape index (κ2) is 8.03. The molecular formula is C16H16Cl2O2. The molecule has 0 amide bonds. The van der Waals surface area contributed by atoms with Gasteiger partial charge in [-0.2, -0.15) is 0 Å². The van der Waals surface area contributed by atoms with Crippen LogP contribution in [-0.2, 0) is 11.8 Å². The van der Waals surface area contributed by atoms with Crippen LogP contribution in [-0.4, -0.2) is 13.2 Å². The number of hydrogen-bond donors (Lipinski definition) is 0. The van der Waals surface area contributed by atoms with Crippen LogP contribution in [0.15, 0.2) is 48.5 Å². The minimum Gasteiger partial charge on any atom is -0.490 e. The van der Waals surface area contributed by atoms with Gasteiger partial charge in [-0.1, -0.05) is 24.3 Å². The van der Waals surface area contributed by atoms with Crippen molar-refractivity contribution in [1.82, 2.24) is 0 Å². The Morgan fingerprint density at radius 1 is 0.600 bits per heavy atom. The highest BCUT2D eigenvalue weighted by Gasteiger charge is 1.97. The molecule has 20 heavy (non-hydrogen) atoms. The number of hydrogen-bond acceptors (Lipinski definition) is 2. The fourth-order valence-electron chi connectivity index (χ4n) is 1.67. The van der Waals surface area contributed by atoms with Gasteiger partial charge >= 0.3 is 0 Å². The number of ether oxygens (including phenoxy) is 2. The van der Waals surface area contributed by atoms with Crippen LogP contribution in [0.5, 0.6) is 11.5 Å². The van der Waals surface area contributed by atoms with Crippen molar-refractivity contribution in [1.29, 1.82) is 0 Å². The van der Waals surface area contributed by atoms with Gasteiger partial charge in [-0.25, -0.2) is 0 Å². The molecule has 0 atom stereocenters. The molecule has 0 unspecified atom stereocenters. The van der Waals surface area contributed by atoms with E-state index in [9.17, 15) is 0 Å². The first-order valence-corrected chi connectivity index (χ1v) is 7.44. The van der Waals surface area contributed by atoms with Gasteiger partial charge in [0, 0.05) is 11.8 Å². The van der Waals surface area contributed by atoms with E-state index < -0.39 is 0 Å². The number of halogens is 2. The number of rotatable bonds is 7. The van der Waals surface area contributed by atoms with Gasteiger partial charge in [0.1, 0.15) is 24.7 Å². The van der Waals surface area contributed by atoms with Crippen LogP contribution in [0.3, 0.4) is 0 Å². The van der Waals surface area contributed by atoms with E-state index >= 15 is 0 Å². The smallest absolute Gasteiger partial charge is 0.122 e. The van der Waals surface area contributed by atoms with Crippen LogP contribution >= 0.6 is 23.2 Å². The lowest BCUT2D eigenvalue weighted by Gasteiger charge is -2.09. The van der Waals surface area contributed by atoms with Gasteiger partial charge in [0.25, 0.3) is 0 Å². The van der Waals surface area contributed by atoms with Gasteiger partial charge in [-0.3, -0.25) is 0 Å². The quantitative estimate of drug-likeness (QED) is 0.548. The van der Waals surface area contributed by atoms with E-state index in [0.29, 0.717) is 25.0 Å². The summed E-state index contributed by atoms with van der Waals surface area (Å²) in [6, 6.07) is 15.4. The Morgan fingerprint density at radius 3 is 1.25 bits per heavy atom. The van der Waals surface area contributed by atoms with Gasteiger partial charge < -0.3 is 9.47 Å². The molecule has 0 bridgehead atoms. The Morgan fingerprint density at radius 2 is 0.950 bits per heavy atom. The van der Waals surface area contributed by atoms with E-state index in [1.54, 1.807) is 0 Å². The maximum atomic E-state index is 5.73. The van der Waals surface area contributed by atoms with Crippen molar-refractivity contribution in [3.05, 3.63) is 59.7 Å². The first kappa shape index (κ1) is 15.0. The molecule has 0 aliphatic rings. The predicted octanol–water partition coefficient (Wildman–Crippen LogP) is 4.62. The summed E-state index contributed by atoms with van der Waals surface area (Å²) in [6.45, 7) is 0.995. The molecule has 0 N–H and O–H groups in total. The second-order valence-electron chi connectivity index (χ2n) is 4.25. The molecule has 0 saturated carbocycles. The lowest BCUT2D eigenvalue weighted by molar-refractivity contribution is 0.217. The first-order valence-electron chi connectivity index (χ1n) is 6.37. The van der Waals surface area contributed by atoms with Gasteiger partial charge in [-0.15, -0.1) is 23.2 Å². The van der Waals surface area contributed by atoms with Crippen LogP contribution in [0.25, 0.3) is 0 Å². The molecule has 0 aliphatic heterocycles. The van der Waals surface area contributed by atoms with Gasteiger partial charge in [-0.05, 0) is 35.4 Å². The van der Waals surface area contributed by atoms with Crippen molar-refractivity contribution in [2.45, 2.75) is 11.8 Å². The zero-order chi connectivity index (χ0) is 14.2. The van der Waals surface area contributed by atoms with Crippen LogP contribution in [0.2, 0.25) is 0 Å². The summed E-state index contributed by atoms with van der Waals surface area (Å²) < 4.78 is 11.2. The van der Waals surface area contributed by atoms with Crippen molar-refractivity contribution < 1.29 is 9.47 Å². The summed E-state index contributed by atoms with van der Waals surface area (Å²) in [4.78, 5) is 0. The molecular weight excluding hydrogens is 295 g/mol. The monoisotopic (exact) mass is 310 g/mol. The minimum absolute atomic E-state index is 0.497. The van der Waals surface area contributed by atoms with Gasteiger partial charge in [0.2, 0.25) is 0 Å². The topological polar surface area (TPSA) is 18.5 Å². The third-order valence-corrected chi connectivity index (χ3v) is 3.39. The third-order valence-electron chi connectivity index (χ3n) is 2.78. The average molecular weight is 311 g/mol. The molecule has 0 saturated heterocycles. The summed E-state index contributed by atoms with van der Waals surface area (Å²) in [5, 5.41) is 0. The number of benzene rings is 2. The Hall–Kier alpha value is -1.38. The van der Waals surface area contributed by atoms with Crippen molar-refractivity contribution in [2.75, 3.05) is 13.2 Å². The van der Waals surface area contributed by atoms with Crippen LogP contribution in [0.4, 0.5) is 0 Å². The Balaban J connectivity index is 1.72. The molecule has 2 aromatic carbocycles. The van der Waals surface area contributed by atoms with Crippen molar-refractivity contribution >= 4 is 23.2 Å². The summed E-state index contributed by atoms with van der Waals surface area (Å²) in [6.07, 6.45) is 0. The first-order chi connectivity index (χ1) is 9.81. The highest BCUT2D eigenvalue weighted by Crippen LogP contribution is 2.15. The molecule has 0 aliphatic carbocycles. The molecule has 0 heterocycles. The van der Waals surface area contributed by atoms with Crippen molar-refractivity contribution in [3.8, 4) is 11.5 Å². The van der Waals surface area contributed by atoms with Crippen molar-refractivity contribution in [3.63, 3.8) is 0 Å². The molecule has 0 fully saturated rings. The Bertz CT molecular complexity index is 460. The number of alkyl halides is 2. The van der Waals surface area contributed by atoms with E-state index in [4.69, 9.17) is 32.7 Å². The maximum Gasteiger partial charge on any atom is 0.122 e. The van der Waals surface area contributed by atoms with Crippen LogP contribution < -0.4 is 9.47 Å². The largest absolute Gasteiger partial charge is 0.490 e. The summed E-state index contributed by atoms with van der Waals surface area (Å²) >= 11 is 11.5. The van der Waals surface area contributed by atoms with E-state index in [-0.39, 0.29) is 0 Å². The second-order valence-corrected chi connectivity index (χ2v) is 4.79. The highest BCUT2D eigenvalue weighted by molar-refractivity contribution is 6.17. The standard InChI is InChI=1S/C16H16Cl2O2/c17-11-13-1-5-15(6-2-13)19-9-10-20-16-7-3-14(12-18)4-8-16/h1-8H,9-12H2. The Labute approximate surface area is 129 Å². The van der Waals surface area contributed by atoms with E-state index in [1.165, 1.54) is 0 Å². The summed E-state index contributed by atoms with van der Waals surface area (Å²) in [5.74, 6) is 2.67. The zero-order valence-electron chi connectivity index (χ0n) is 11.0. The molecule has 2 aromatic rings. The SMILES string of the molecule is ClCc1ccc(OCCOc2ccc(CCl)cc2)cc1. The Kier molecular flexibility index (Phi) is 6.03. The maximum absolute atomic E-state index is 5.73. The van der Waals surface area contributed by atoms with Crippen LogP contribution in [0, 0.1) is 0 Å².